The number of pyridine rings is 1. The molecule has 0 radical (unpaired) electrons. The standard InChI is InChI=1S/C23H26N2O3/c1-5-6-20(24)19-11-15(2)25-21-13-17(8-9-18(19)21)28-14-16-7-10-22(26-3)23(12-16)27-4/h7-13,24H,5-6,14H2,1-4H3. The van der Waals surface area contributed by atoms with E-state index >= 15 is 0 Å². The van der Waals surface area contributed by atoms with Crippen LogP contribution in [0.3, 0.4) is 0 Å². The van der Waals surface area contributed by atoms with E-state index in [0.29, 0.717) is 23.8 Å². The van der Waals surface area contributed by atoms with Crippen LogP contribution in [-0.4, -0.2) is 24.9 Å². The number of nitrogens with zero attached hydrogens (tertiary/aromatic N) is 1. The normalized spacial score (nSPS) is 10.7. The van der Waals surface area contributed by atoms with E-state index in [1.54, 1.807) is 14.2 Å². The van der Waals surface area contributed by atoms with Crippen molar-refractivity contribution in [3.63, 3.8) is 0 Å². The summed E-state index contributed by atoms with van der Waals surface area (Å²) in [5.41, 5.74) is 4.34. The maximum Gasteiger partial charge on any atom is 0.161 e. The highest BCUT2D eigenvalue weighted by molar-refractivity contribution is 6.08. The number of nitrogens with one attached hydrogen (secondary N) is 1. The van der Waals surface area contributed by atoms with Gasteiger partial charge in [-0.15, -0.1) is 0 Å². The number of hydrogen-bond acceptors (Lipinski definition) is 5. The molecular formula is C23H26N2O3. The largest absolute Gasteiger partial charge is 0.493 e. The van der Waals surface area contributed by atoms with Crippen molar-refractivity contribution < 1.29 is 14.2 Å². The molecular weight excluding hydrogens is 352 g/mol. The Bertz CT molecular complexity index is 999. The van der Waals surface area contributed by atoms with Crippen molar-refractivity contribution in [1.29, 1.82) is 5.41 Å². The van der Waals surface area contributed by atoms with Crippen molar-refractivity contribution in [2.75, 3.05) is 14.2 Å². The molecule has 0 amide bonds. The number of aromatic nitrogens is 1. The Kier molecular flexibility index (Phi) is 6.14. The minimum atomic E-state index is 0.413. The highest BCUT2D eigenvalue weighted by Crippen LogP contribution is 2.29. The predicted octanol–water partition coefficient (Wildman–Crippen LogP) is 5.31. The van der Waals surface area contributed by atoms with Crippen LogP contribution in [0.2, 0.25) is 0 Å². The van der Waals surface area contributed by atoms with Gasteiger partial charge in [-0.25, -0.2) is 0 Å². The highest BCUT2D eigenvalue weighted by atomic mass is 16.5. The van der Waals surface area contributed by atoms with Crippen LogP contribution in [0, 0.1) is 12.3 Å². The van der Waals surface area contributed by atoms with Crippen LogP contribution in [0.4, 0.5) is 0 Å². The third-order valence-electron chi connectivity index (χ3n) is 4.59. The molecule has 146 valence electrons. The summed E-state index contributed by atoms with van der Waals surface area (Å²) in [6, 6.07) is 13.6. The Morgan fingerprint density at radius 3 is 2.50 bits per heavy atom. The molecule has 2 aromatic carbocycles. The molecule has 0 bridgehead atoms. The topological polar surface area (TPSA) is 64.4 Å². The summed E-state index contributed by atoms with van der Waals surface area (Å²) in [5.74, 6) is 2.12. The molecule has 3 rings (SSSR count). The smallest absolute Gasteiger partial charge is 0.161 e. The second kappa shape index (κ2) is 8.74. The number of benzene rings is 2. The monoisotopic (exact) mass is 378 g/mol. The fourth-order valence-corrected chi connectivity index (χ4v) is 3.20. The lowest BCUT2D eigenvalue weighted by molar-refractivity contribution is 0.304. The maximum atomic E-state index is 8.35. The molecule has 0 saturated carbocycles. The first kappa shape index (κ1) is 19.7. The number of fused-ring (bicyclic) bond motifs is 1. The van der Waals surface area contributed by atoms with Crippen LogP contribution < -0.4 is 14.2 Å². The molecule has 1 heterocycles. The summed E-state index contributed by atoms with van der Waals surface area (Å²) >= 11 is 0. The van der Waals surface area contributed by atoms with Gasteiger partial charge in [0.25, 0.3) is 0 Å². The first-order chi connectivity index (χ1) is 13.5. The molecule has 1 N–H and O–H groups in total. The van der Waals surface area contributed by atoms with Crippen molar-refractivity contribution in [2.24, 2.45) is 0 Å². The first-order valence-corrected chi connectivity index (χ1v) is 9.38. The Hall–Kier alpha value is -3.08. The van der Waals surface area contributed by atoms with E-state index in [0.717, 1.165) is 46.3 Å². The average molecular weight is 378 g/mol. The summed E-state index contributed by atoms with van der Waals surface area (Å²) in [5, 5.41) is 9.33. The summed E-state index contributed by atoms with van der Waals surface area (Å²) in [6.45, 7) is 4.46. The second-order valence-electron chi connectivity index (χ2n) is 6.70. The molecule has 28 heavy (non-hydrogen) atoms. The molecule has 0 atom stereocenters. The zero-order chi connectivity index (χ0) is 20.1. The molecule has 0 saturated heterocycles. The Morgan fingerprint density at radius 1 is 1.00 bits per heavy atom. The molecule has 0 aliphatic carbocycles. The van der Waals surface area contributed by atoms with E-state index < -0.39 is 0 Å². The fraction of sp³-hybridized carbons (Fsp3) is 0.304. The van der Waals surface area contributed by atoms with Crippen LogP contribution in [0.25, 0.3) is 10.9 Å². The van der Waals surface area contributed by atoms with E-state index in [-0.39, 0.29) is 0 Å². The summed E-state index contributed by atoms with van der Waals surface area (Å²) in [7, 11) is 3.24. The van der Waals surface area contributed by atoms with Crippen LogP contribution in [0.5, 0.6) is 17.2 Å². The summed E-state index contributed by atoms with van der Waals surface area (Å²) in [6.07, 6.45) is 1.71. The average Bonchev–Trinajstić information content (AvgIpc) is 2.71. The van der Waals surface area contributed by atoms with E-state index in [1.165, 1.54) is 0 Å². The number of ether oxygens (including phenoxy) is 3. The van der Waals surface area contributed by atoms with Gasteiger partial charge in [0.2, 0.25) is 0 Å². The van der Waals surface area contributed by atoms with Gasteiger partial charge in [-0.2, -0.15) is 0 Å². The third kappa shape index (κ3) is 4.25. The highest BCUT2D eigenvalue weighted by Gasteiger charge is 2.10. The number of hydrogen-bond donors (Lipinski definition) is 1. The Morgan fingerprint density at radius 2 is 1.79 bits per heavy atom. The number of rotatable bonds is 8. The van der Waals surface area contributed by atoms with Gasteiger partial charge in [-0.1, -0.05) is 19.4 Å². The van der Waals surface area contributed by atoms with Crippen molar-refractivity contribution >= 4 is 16.6 Å². The van der Waals surface area contributed by atoms with Gasteiger partial charge in [0.1, 0.15) is 12.4 Å². The van der Waals surface area contributed by atoms with Gasteiger partial charge < -0.3 is 19.6 Å². The van der Waals surface area contributed by atoms with Gasteiger partial charge in [0, 0.05) is 28.4 Å². The van der Waals surface area contributed by atoms with Gasteiger partial charge >= 0.3 is 0 Å². The zero-order valence-electron chi connectivity index (χ0n) is 16.8. The molecule has 3 aromatic rings. The molecule has 0 fully saturated rings. The van der Waals surface area contributed by atoms with Gasteiger partial charge in [-0.05, 0) is 49.2 Å². The lowest BCUT2D eigenvalue weighted by Gasteiger charge is -2.12. The van der Waals surface area contributed by atoms with Crippen molar-refractivity contribution in [2.45, 2.75) is 33.3 Å². The van der Waals surface area contributed by atoms with Crippen LogP contribution in [0.1, 0.15) is 36.6 Å². The van der Waals surface area contributed by atoms with E-state index in [9.17, 15) is 0 Å². The SMILES string of the molecule is CCCC(=N)c1cc(C)nc2cc(OCc3ccc(OC)c(OC)c3)ccc12. The molecule has 0 unspecified atom stereocenters. The zero-order valence-corrected chi connectivity index (χ0v) is 16.8. The lowest BCUT2D eigenvalue weighted by atomic mass is 10.0. The lowest BCUT2D eigenvalue weighted by Crippen LogP contribution is -2.02. The summed E-state index contributed by atoms with van der Waals surface area (Å²) < 4.78 is 16.6. The van der Waals surface area contributed by atoms with Crippen molar-refractivity contribution in [1.82, 2.24) is 4.98 Å². The van der Waals surface area contributed by atoms with Crippen LogP contribution in [-0.2, 0) is 6.61 Å². The van der Waals surface area contributed by atoms with Crippen molar-refractivity contribution in [3.05, 3.63) is 59.3 Å². The van der Waals surface area contributed by atoms with E-state index in [1.807, 2.05) is 49.4 Å². The minimum absolute atomic E-state index is 0.413. The molecule has 0 spiro atoms. The number of aryl methyl sites for hydroxylation is 1. The predicted molar refractivity (Wildman–Crippen MR) is 112 cm³/mol. The van der Waals surface area contributed by atoms with Crippen LogP contribution >= 0.6 is 0 Å². The maximum absolute atomic E-state index is 8.35. The molecule has 0 aliphatic heterocycles. The molecule has 0 aliphatic rings. The van der Waals surface area contributed by atoms with E-state index in [4.69, 9.17) is 19.6 Å². The van der Waals surface area contributed by atoms with Gasteiger partial charge in [0.05, 0.1) is 19.7 Å². The van der Waals surface area contributed by atoms with Crippen molar-refractivity contribution in [3.8, 4) is 17.2 Å². The fourth-order valence-electron chi connectivity index (χ4n) is 3.20. The summed E-state index contributed by atoms with van der Waals surface area (Å²) in [4.78, 5) is 4.63. The van der Waals surface area contributed by atoms with Gasteiger partial charge in [0.15, 0.2) is 11.5 Å². The quantitative estimate of drug-likeness (QED) is 0.540. The number of methoxy groups -OCH3 is 2. The molecule has 5 heteroatoms. The Balaban J connectivity index is 1.84. The molecule has 5 nitrogen and oxygen atoms in total. The van der Waals surface area contributed by atoms with E-state index in [2.05, 4.69) is 11.9 Å². The Labute approximate surface area is 165 Å². The second-order valence-corrected chi connectivity index (χ2v) is 6.70. The first-order valence-electron chi connectivity index (χ1n) is 9.38. The molecule has 1 aromatic heterocycles. The van der Waals surface area contributed by atoms with Crippen LogP contribution in [0.15, 0.2) is 42.5 Å². The van der Waals surface area contributed by atoms with Gasteiger partial charge in [-0.3, -0.25) is 4.98 Å². The minimum Gasteiger partial charge on any atom is -0.493 e. The third-order valence-corrected chi connectivity index (χ3v) is 4.59.